The number of amides is 2. The van der Waals surface area contributed by atoms with Crippen LogP contribution in [-0.2, 0) is 14.3 Å². The van der Waals surface area contributed by atoms with Gasteiger partial charge >= 0.3 is 0 Å². The van der Waals surface area contributed by atoms with Gasteiger partial charge in [0.2, 0.25) is 5.91 Å². The van der Waals surface area contributed by atoms with E-state index in [0.717, 1.165) is 16.8 Å². The number of aromatic nitrogens is 1. The summed E-state index contributed by atoms with van der Waals surface area (Å²) in [4.78, 5) is 27.6. The summed E-state index contributed by atoms with van der Waals surface area (Å²) in [5.74, 6) is -0.306. The van der Waals surface area contributed by atoms with Gasteiger partial charge in [-0.05, 0) is 19.4 Å². The van der Waals surface area contributed by atoms with E-state index in [4.69, 9.17) is 4.74 Å². The van der Waals surface area contributed by atoms with E-state index in [1.807, 2.05) is 36.6 Å². The standard InChI is InChI=1S/C19H23N3O3S/c1-5-10-25-13(3)18(24)22-19-21-17(11-26-19)16-8-6-15(7-9-16)12(2)20-14(4)23/h5-9,11-13H,1,10H2,2-4H3,(H,20,23)(H,21,22,24)/t12-,13+/m1/s1. The summed E-state index contributed by atoms with van der Waals surface area (Å²) in [6.07, 6.45) is 1.02. The Morgan fingerprint density at radius 1 is 1.31 bits per heavy atom. The lowest BCUT2D eigenvalue weighted by atomic mass is 10.1. The molecule has 1 heterocycles. The van der Waals surface area contributed by atoms with Crippen molar-refractivity contribution in [1.82, 2.24) is 10.3 Å². The molecule has 1 aromatic heterocycles. The summed E-state index contributed by atoms with van der Waals surface area (Å²) in [7, 11) is 0. The Hall–Kier alpha value is -2.51. The number of carbonyl (C=O) groups excluding carboxylic acids is 2. The molecule has 2 rings (SSSR count). The summed E-state index contributed by atoms with van der Waals surface area (Å²) in [5.41, 5.74) is 2.74. The van der Waals surface area contributed by atoms with Crippen molar-refractivity contribution in [1.29, 1.82) is 0 Å². The smallest absolute Gasteiger partial charge is 0.255 e. The van der Waals surface area contributed by atoms with Gasteiger partial charge in [-0.2, -0.15) is 0 Å². The highest BCUT2D eigenvalue weighted by Crippen LogP contribution is 2.26. The molecule has 7 heteroatoms. The highest BCUT2D eigenvalue weighted by Gasteiger charge is 2.15. The molecule has 0 saturated carbocycles. The zero-order valence-corrected chi connectivity index (χ0v) is 15.9. The molecular formula is C19H23N3O3S. The van der Waals surface area contributed by atoms with E-state index < -0.39 is 6.10 Å². The molecule has 6 nitrogen and oxygen atoms in total. The fraction of sp³-hybridized carbons (Fsp3) is 0.316. The predicted molar refractivity (Wildman–Crippen MR) is 104 cm³/mol. The Morgan fingerprint density at radius 3 is 2.62 bits per heavy atom. The molecule has 0 fully saturated rings. The number of nitrogens with one attached hydrogen (secondary N) is 2. The first kappa shape index (κ1) is 19.8. The number of rotatable bonds is 8. The van der Waals surface area contributed by atoms with E-state index >= 15 is 0 Å². The van der Waals surface area contributed by atoms with E-state index in [1.54, 1.807) is 13.0 Å². The van der Waals surface area contributed by atoms with E-state index in [0.29, 0.717) is 11.7 Å². The molecule has 1 aromatic carbocycles. The minimum Gasteiger partial charge on any atom is -0.365 e. The van der Waals surface area contributed by atoms with Crippen LogP contribution in [0.1, 0.15) is 32.4 Å². The molecule has 0 aliphatic heterocycles. The molecule has 138 valence electrons. The first-order chi connectivity index (χ1) is 12.4. The quantitative estimate of drug-likeness (QED) is 0.694. The number of ether oxygens (including phenoxy) is 1. The molecule has 2 N–H and O–H groups in total. The molecule has 0 bridgehead atoms. The number of hydrogen-bond acceptors (Lipinski definition) is 5. The summed E-state index contributed by atoms with van der Waals surface area (Å²) in [5, 5.41) is 8.01. The normalized spacial score (nSPS) is 12.9. The van der Waals surface area contributed by atoms with Crippen molar-refractivity contribution >= 4 is 28.3 Å². The largest absolute Gasteiger partial charge is 0.365 e. The molecule has 0 aliphatic rings. The van der Waals surface area contributed by atoms with E-state index in [9.17, 15) is 9.59 Å². The first-order valence-electron chi connectivity index (χ1n) is 8.27. The molecule has 0 radical (unpaired) electrons. The van der Waals surface area contributed by atoms with E-state index in [1.165, 1.54) is 18.3 Å². The second-order valence-electron chi connectivity index (χ2n) is 5.84. The summed E-state index contributed by atoms with van der Waals surface area (Å²) in [6, 6.07) is 7.76. The van der Waals surface area contributed by atoms with E-state index in [2.05, 4.69) is 22.2 Å². The molecule has 0 unspecified atom stereocenters. The van der Waals surface area contributed by atoms with Crippen LogP contribution in [0.5, 0.6) is 0 Å². The van der Waals surface area contributed by atoms with Gasteiger partial charge in [0.05, 0.1) is 18.3 Å². The van der Waals surface area contributed by atoms with Gasteiger partial charge in [0, 0.05) is 17.9 Å². The van der Waals surface area contributed by atoms with Crippen LogP contribution in [0.15, 0.2) is 42.3 Å². The third-order valence-corrected chi connectivity index (χ3v) is 4.45. The number of hydrogen-bond donors (Lipinski definition) is 2. The monoisotopic (exact) mass is 373 g/mol. The zero-order chi connectivity index (χ0) is 19.1. The van der Waals surface area contributed by atoms with Crippen LogP contribution < -0.4 is 10.6 Å². The van der Waals surface area contributed by atoms with Crippen LogP contribution in [0, 0.1) is 0 Å². The highest BCUT2D eigenvalue weighted by molar-refractivity contribution is 7.14. The van der Waals surface area contributed by atoms with Gasteiger partial charge in [-0.15, -0.1) is 17.9 Å². The number of nitrogens with zero attached hydrogens (tertiary/aromatic N) is 1. The van der Waals surface area contributed by atoms with Gasteiger partial charge in [-0.3, -0.25) is 14.9 Å². The third-order valence-electron chi connectivity index (χ3n) is 3.69. The van der Waals surface area contributed by atoms with Crippen molar-refractivity contribution in [2.24, 2.45) is 0 Å². The van der Waals surface area contributed by atoms with Crippen LogP contribution in [0.25, 0.3) is 11.3 Å². The second kappa shape index (κ2) is 9.26. The molecular weight excluding hydrogens is 350 g/mol. The van der Waals surface area contributed by atoms with Crippen molar-refractivity contribution in [3.05, 3.63) is 47.9 Å². The predicted octanol–water partition coefficient (Wildman–Crippen LogP) is 3.54. The van der Waals surface area contributed by atoms with E-state index in [-0.39, 0.29) is 17.9 Å². The minimum absolute atomic E-state index is 0.0520. The number of anilines is 1. The first-order valence-corrected chi connectivity index (χ1v) is 9.15. The van der Waals surface area contributed by atoms with Crippen molar-refractivity contribution in [2.45, 2.75) is 32.9 Å². The fourth-order valence-electron chi connectivity index (χ4n) is 2.29. The van der Waals surface area contributed by atoms with Crippen molar-refractivity contribution in [3.63, 3.8) is 0 Å². The molecule has 0 aliphatic carbocycles. The number of thiazole rings is 1. The average Bonchev–Trinajstić information content (AvgIpc) is 3.07. The topological polar surface area (TPSA) is 80.3 Å². The Morgan fingerprint density at radius 2 is 2.00 bits per heavy atom. The maximum atomic E-state index is 12.0. The van der Waals surface area contributed by atoms with Gasteiger partial charge < -0.3 is 10.1 Å². The maximum absolute atomic E-state index is 12.0. The second-order valence-corrected chi connectivity index (χ2v) is 6.69. The van der Waals surface area contributed by atoms with Gasteiger partial charge in [-0.1, -0.05) is 30.3 Å². The van der Waals surface area contributed by atoms with Gasteiger partial charge in [0.15, 0.2) is 5.13 Å². The van der Waals surface area contributed by atoms with Crippen molar-refractivity contribution in [2.75, 3.05) is 11.9 Å². The van der Waals surface area contributed by atoms with Gasteiger partial charge in [0.1, 0.15) is 6.10 Å². The number of benzene rings is 1. The summed E-state index contributed by atoms with van der Waals surface area (Å²) < 4.78 is 5.30. The molecule has 2 atom stereocenters. The molecule has 0 saturated heterocycles. The number of carbonyl (C=O) groups is 2. The summed E-state index contributed by atoms with van der Waals surface area (Å²) >= 11 is 1.36. The molecule has 2 amide bonds. The molecule has 0 spiro atoms. The fourth-order valence-corrected chi connectivity index (χ4v) is 3.01. The third kappa shape index (κ3) is 5.50. The van der Waals surface area contributed by atoms with Crippen LogP contribution in [-0.4, -0.2) is 29.5 Å². The Labute approximate surface area is 157 Å². The average molecular weight is 373 g/mol. The van der Waals surface area contributed by atoms with Crippen LogP contribution >= 0.6 is 11.3 Å². The lowest BCUT2D eigenvalue weighted by molar-refractivity contribution is -0.125. The lowest BCUT2D eigenvalue weighted by Gasteiger charge is -2.13. The summed E-state index contributed by atoms with van der Waals surface area (Å²) in [6.45, 7) is 8.99. The van der Waals surface area contributed by atoms with Crippen molar-refractivity contribution < 1.29 is 14.3 Å². The molecule has 26 heavy (non-hydrogen) atoms. The Kier molecular flexibility index (Phi) is 7.06. The lowest BCUT2D eigenvalue weighted by Crippen LogP contribution is -2.27. The van der Waals surface area contributed by atoms with Gasteiger partial charge in [0.25, 0.3) is 5.91 Å². The minimum atomic E-state index is -0.574. The Balaban J connectivity index is 2.01. The Bertz CT molecular complexity index is 771. The molecule has 2 aromatic rings. The SMILES string of the molecule is C=CCO[C@@H](C)C(=O)Nc1nc(-c2ccc([C@@H](C)NC(C)=O)cc2)cs1. The van der Waals surface area contributed by atoms with Crippen LogP contribution in [0.4, 0.5) is 5.13 Å². The van der Waals surface area contributed by atoms with Crippen LogP contribution in [0.3, 0.4) is 0 Å². The zero-order valence-electron chi connectivity index (χ0n) is 15.1. The van der Waals surface area contributed by atoms with Crippen LogP contribution in [0.2, 0.25) is 0 Å². The highest BCUT2D eigenvalue weighted by atomic mass is 32.1. The van der Waals surface area contributed by atoms with Gasteiger partial charge in [-0.25, -0.2) is 4.98 Å². The maximum Gasteiger partial charge on any atom is 0.255 e. The van der Waals surface area contributed by atoms with Crippen molar-refractivity contribution in [3.8, 4) is 11.3 Å².